The quantitative estimate of drug-likeness (QED) is 0.307. The van der Waals surface area contributed by atoms with Crippen LogP contribution in [-0.2, 0) is 10.0 Å². The topological polar surface area (TPSA) is 66.5 Å². The lowest BCUT2D eigenvalue weighted by Gasteiger charge is -2.24. The van der Waals surface area contributed by atoms with Crippen LogP contribution in [0.3, 0.4) is 0 Å². The first kappa shape index (κ1) is 23.3. The summed E-state index contributed by atoms with van der Waals surface area (Å²) in [5.74, 6) is -0.261. The second-order valence-corrected chi connectivity index (χ2v) is 11.0. The fourth-order valence-corrected chi connectivity index (χ4v) is 6.14. The summed E-state index contributed by atoms with van der Waals surface area (Å²) in [5, 5.41) is 4.10. The van der Waals surface area contributed by atoms with Crippen molar-refractivity contribution in [2.24, 2.45) is 0 Å². The summed E-state index contributed by atoms with van der Waals surface area (Å²) in [4.78, 5) is 13.5. The third-order valence-corrected chi connectivity index (χ3v) is 8.46. The Hall–Kier alpha value is -2.87. The van der Waals surface area contributed by atoms with Crippen LogP contribution in [0, 0.1) is 6.92 Å². The minimum absolute atomic E-state index is 0.256. The minimum atomic E-state index is -3.71. The van der Waals surface area contributed by atoms with E-state index < -0.39 is 10.0 Å². The molecule has 0 fully saturated rings. The Bertz CT molecular complexity index is 1410. The molecule has 4 rings (SSSR count). The van der Waals surface area contributed by atoms with Crippen molar-refractivity contribution in [3.8, 4) is 0 Å². The molecular formula is C25H23ClN2O3S2. The van der Waals surface area contributed by atoms with Crippen LogP contribution in [0.15, 0.2) is 77.7 Å². The average Bonchev–Trinajstić information content (AvgIpc) is 3.23. The molecule has 0 aliphatic carbocycles. The number of rotatable bonds is 7. The van der Waals surface area contributed by atoms with Crippen LogP contribution < -0.4 is 9.62 Å². The number of halogens is 1. The highest BCUT2D eigenvalue weighted by Gasteiger charge is 2.25. The third-order valence-electron chi connectivity index (χ3n) is 5.17. The van der Waals surface area contributed by atoms with E-state index in [9.17, 15) is 13.2 Å². The molecule has 1 aromatic heterocycles. The number of carbonyl (C=O) groups is 1. The Morgan fingerprint density at radius 3 is 2.45 bits per heavy atom. The van der Waals surface area contributed by atoms with Gasteiger partial charge in [-0.3, -0.25) is 9.10 Å². The number of para-hydroxylation sites is 1. The molecule has 5 nitrogen and oxygen atoms in total. The molecule has 4 aromatic rings. The number of benzene rings is 3. The van der Waals surface area contributed by atoms with Crippen LogP contribution >= 0.6 is 22.9 Å². The smallest absolute Gasteiger partial charge is 0.265 e. The van der Waals surface area contributed by atoms with Gasteiger partial charge >= 0.3 is 0 Å². The Kier molecular flexibility index (Phi) is 6.74. The minimum Gasteiger partial charge on any atom is -0.320 e. The number of carbonyl (C=O) groups excluding carboxylic acids is 1. The standard InChI is InChI=1S/C25H23ClN2O3S2/c1-3-14-28(33(30,31)20-11-8-17(2)9-12-20)19-10-13-23-18(15-19)16-24(32-23)25(29)27-22-7-5-4-6-21(22)26/h4-13,15-16H,3,14H2,1-2H3,(H,27,29). The van der Waals surface area contributed by atoms with Crippen LogP contribution in [0.5, 0.6) is 0 Å². The van der Waals surface area contributed by atoms with Crippen molar-refractivity contribution in [3.63, 3.8) is 0 Å². The van der Waals surface area contributed by atoms with Crippen molar-refractivity contribution in [2.75, 3.05) is 16.2 Å². The van der Waals surface area contributed by atoms with Crippen LogP contribution in [0.4, 0.5) is 11.4 Å². The number of nitrogens with zero attached hydrogens (tertiary/aromatic N) is 1. The number of hydrogen-bond acceptors (Lipinski definition) is 4. The summed E-state index contributed by atoms with van der Waals surface area (Å²) in [6, 6.07) is 21.1. The number of hydrogen-bond donors (Lipinski definition) is 1. The van der Waals surface area contributed by atoms with Crippen molar-refractivity contribution in [1.29, 1.82) is 0 Å². The number of thiophene rings is 1. The molecule has 170 valence electrons. The van der Waals surface area contributed by atoms with Gasteiger partial charge in [0.15, 0.2) is 0 Å². The highest BCUT2D eigenvalue weighted by atomic mass is 35.5. The van der Waals surface area contributed by atoms with Gasteiger partial charge in [-0.2, -0.15) is 0 Å². The average molecular weight is 499 g/mol. The van der Waals surface area contributed by atoms with E-state index in [-0.39, 0.29) is 10.8 Å². The first-order chi connectivity index (χ1) is 15.8. The molecule has 0 aliphatic heterocycles. The summed E-state index contributed by atoms with van der Waals surface area (Å²) in [7, 11) is -3.71. The van der Waals surface area contributed by atoms with Gasteiger partial charge in [0.25, 0.3) is 15.9 Å². The van der Waals surface area contributed by atoms with E-state index >= 15 is 0 Å². The van der Waals surface area contributed by atoms with Gasteiger partial charge in [0.05, 0.1) is 26.2 Å². The second-order valence-electron chi connectivity index (χ2n) is 7.66. The number of anilines is 2. The van der Waals surface area contributed by atoms with Crippen LogP contribution in [-0.4, -0.2) is 20.9 Å². The van der Waals surface area contributed by atoms with E-state index in [2.05, 4.69) is 5.32 Å². The molecule has 0 saturated carbocycles. The molecule has 8 heteroatoms. The van der Waals surface area contributed by atoms with Gasteiger partial charge < -0.3 is 5.32 Å². The maximum atomic E-state index is 13.4. The lowest BCUT2D eigenvalue weighted by Crippen LogP contribution is -2.31. The number of amides is 1. The van der Waals surface area contributed by atoms with E-state index in [1.54, 1.807) is 60.7 Å². The normalized spacial score (nSPS) is 11.5. The van der Waals surface area contributed by atoms with Crippen molar-refractivity contribution in [1.82, 2.24) is 0 Å². The Morgan fingerprint density at radius 1 is 1.03 bits per heavy atom. The molecule has 33 heavy (non-hydrogen) atoms. The molecule has 1 heterocycles. The maximum absolute atomic E-state index is 13.4. The number of nitrogens with one attached hydrogen (secondary N) is 1. The predicted molar refractivity (Wildman–Crippen MR) is 137 cm³/mol. The summed E-state index contributed by atoms with van der Waals surface area (Å²) in [6.45, 7) is 4.22. The van der Waals surface area contributed by atoms with E-state index in [0.717, 1.165) is 15.6 Å². The summed E-state index contributed by atoms with van der Waals surface area (Å²) in [6.07, 6.45) is 0.665. The van der Waals surface area contributed by atoms with Gasteiger partial charge in [-0.15, -0.1) is 11.3 Å². The third kappa shape index (κ3) is 4.90. The summed E-state index contributed by atoms with van der Waals surface area (Å²) < 4.78 is 29.1. The zero-order chi connectivity index (χ0) is 23.6. The monoisotopic (exact) mass is 498 g/mol. The van der Waals surface area contributed by atoms with Crippen LogP contribution in [0.1, 0.15) is 28.6 Å². The fourth-order valence-electron chi connectivity index (χ4n) is 3.47. The predicted octanol–water partition coefficient (Wildman–Crippen LogP) is 6.72. The number of fused-ring (bicyclic) bond motifs is 1. The maximum Gasteiger partial charge on any atom is 0.265 e. The largest absolute Gasteiger partial charge is 0.320 e. The van der Waals surface area contributed by atoms with E-state index in [0.29, 0.717) is 34.2 Å². The van der Waals surface area contributed by atoms with Gasteiger partial charge in [0.1, 0.15) is 0 Å². The van der Waals surface area contributed by atoms with Gasteiger partial charge in [0.2, 0.25) is 0 Å². The van der Waals surface area contributed by atoms with Crippen molar-refractivity contribution >= 4 is 60.3 Å². The van der Waals surface area contributed by atoms with Crippen molar-refractivity contribution in [2.45, 2.75) is 25.2 Å². The SMILES string of the molecule is CCCN(c1ccc2sc(C(=O)Nc3ccccc3Cl)cc2c1)S(=O)(=O)c1ccc(C)cc1. The Labute approximate surface area is 202 Å². The second kappa shape index (κ2) is 9.55. The van der Waals surface area contributed by atoms with Gasteiger partial charge in [0, 0.05) is 11.2 Å². The summed E-state index contributed by atoms with van der Waals surface area (Å²) >= 11 is 7.49. The molecular weight excluding hydrogens is 476 g/mol. The molecule has 0 saturated heterocycles. The molecule has 0 radical (unpaired) electrons. The summed E-state index contributed by atoms with van der Waals surface area (Å²) in [5.41, 5.74) is 2.11. The van der Waals surface area contributed by atoms with Gasteiger partial charge in [-0.1, -0.05) is 48.4 Å². The Morgan fingerprint density at radius 2 is 1.76 bits per heavy atom. The zero-order valence-corrected chi connectivity index (χ0v) is 20.6. The molecule has 0 unspecified atom stereocenters. The lowest BCUT2D eigenvalue weighted by atomic mass is 10.2. The number of sulfonamides is 1. The zero-order valence-electron chi connectivity index (χ0n) is 18.2. The molecule has 0 bridgehead atoms. The molecule has 0 spiro atoms. The first-order valence-corrected chi connectivity index (χ1v) is 13.1. The lowest BCUT2D eigenvalue weighted by molar-refractivity contribution is 0.103. The van der Waals surface area contributed by atoms with E-state index in [1.807, 2.05) is 26.0 Å². The van der Waals surface area contributed by atoms with Crippen LogP contribution in [0.25, 0.3) is 10.1 Å². The molecule has 0 atom stereocenters. The number of aryl methyl sites for hydroxylation is 1. The van der Waals surface area contributed by atoms with Crippen LogP contribution in [0.2, 0.25) is 5.02 Å². The van der Waals surface area contributed by atoms with Gasteiger partial charge in [-0.25, -0.2) is 8.42 Å². The highest BCUT2D eigenvalue weighted by molar-refractivity contribution is 7.92. The molecule has 3 aromatic carbocycles. The van der Waals surface area contributed by atoms with Gasteiger partial charge in [-0.05, 0) is 67.3 Å². The van der Waals surface area contributed by atoms with E-state index in [4.69, 9.17) is 11.6 Å². The van der Waals surface area contributed by atoms with Crippen molar-refractivity contribution < 1.29 is 13.2 Å². The van der Waals surface area contributed by atoms with E-state index in [1.165, 1.54) is 15.6 Å². The van der Waals surface area contributed by atoms with Crippen molar-refractivity contribution in [3.05, 3.63) is 88.3 Å². The Balaban J connectivity index is 1.67. The first-order valence-electron chi connectivity index (χ1n) is 10.5. The highest BCUT2D eigenvalue weighted by Crippen LogP contribution is 2.33. The molecule has 1 N–H and O–H groups in total. The molecule has 0 aliphatic rings. The fraction of sp³-hybridized carbons (Fsp3) is 0.160. The molecule has 1 amide bonds.